The summed E-state index contributed by atoms with van der Waals surface area (Å²) in [5.74, 6) is 5.67. The van der Waals surface area contributed by atoms with Gasteiger partial charge in [0.05, 0.1) is 22.5 Å². The van der Waals surface area contributed by atoms with E-state index in [9.17, 15) is 0 Å². The molecule has 0 aliphatic carbocycles. The van der Waals surface area contributed by atoms with E-state index in [1.165, 1.54) is 11.5 Å². The number of aryl methyl sites for hydroxylation is 1. The van der Waals surface area contributed by atoms with Crippen LogP contribution in [0.5, 0.6) is 0 Å². The molecular formula is C10H17N7S. The molecule has 2 aromatic rings. The zero-order valence-electron chi connectivity index (χ0n) is 10.9. The number of hydrogen-bond donors (Lipinski definition) is 2. The first-order valence-corrected chi connectivity index (χ1v) is 6.36. The molecule has 0 aromatic carbocycles. The Hall–Kier alpha value is -1.38. The van der Waals surface area contributed by atoms with Gasteiger partial charge >= 0.3 is 0 Å². The van der Waals surface area contributed by atoms with Gasteiger partial charge in [0.15, 0.2) is 0 Å². The van der Waals surface area contributed by atoms with Gasteiger partial charge in [-0.25, -0.2) is 5.43 Å². The zero-order chi connectivity index (χ0) is 13.3. The van der Waals surface area contributed by atoms with Gasteiger partial charge in [-0.1, -0.05) is 30.5 Å². The monoisotopic (exact) mass is 267 g/mol. The number of rotatable bonds is 3. The second kappa shape index (κ2) is 4.71. The zero-order valence-corrected chi connectivity index (χ0v) is 11.7. The van der Waals surface area contributed by atoms with Crippen molar-refractivity contribution in [1.29, 1.82) is 0 Å². The molecule has 7 nitrogen and oxygen atoms in total. The van der Waals surface area contributed by atoms with Crippen molar-refractivity contribution in [2.75, 3.05) is 0 Å². The molecule has 2 rings (SSSR count). The lowest BCUT2D eigenvalue weighted by Crippen LogP contribution is -2.31. The van der Waals surface area contributed by atoms with Crippen molar-refractivity contribution in [1.82, 2.24) is 30.0 Å². The Morgan fingerprint density at radius 3 is 2.67 bits per heavy atom. The molecule has 0 fully saturated rings. The lowest BCUT2D eigenvalue weighted by atomic mass is 9.89. The summed E-state index contributed by atoms with van der Waals surface area (Å²) in [5, 5.41) is 12.0. The van der Waals surface area contributed by atoms with Crippen LogP contribution in [0, 0.1) is 0 Å². The molecular weight excluding hydrogens is 250 g/mol. The molecule has 0 saturated heterocycles. The van der Waals surface area contributed by atoms with E-state index in [0.717, 1.165) is 16.3 Å². The molecule has 1 atom stereocenters. The minimum Gasteiger partial charge on any atom is -0.270 e. The third kappa shape index (κ3) is 2.26. The Morgan fingerprint density at radius 1 is 1.44 bits per heavy atom. The standard InChI is InChI=1S/C10H17N7S/c1-10(2,3)9-8(18-16-14-9)7(13-11)6-5-12-15-17(6)4/h5,7,13H,11H2,1-4H3. The van der Waals surface area contributed by atoms with Crippen molar-refractivity contribution in [2.45, 2.75) is 32.2 Å². The van der Waals surface area contributed by atoms with Gasteiger partial charge < -0.3 is 0 Å². The number of aromatic nitrogens is 5. The summed E-state index contributed by atoms with van der Waals surface area (Å²) >= 11 is 1.34. The molecule has 0 amide bonds. The molecule has 0 saturated carbocycles. The van der Waals surface area contributed by atoms with Crippen LogP contribution in [0.3, 0.4) is 0 Å². The van der Waals surface area contributed by atoms with Gasteiger partial charge in [-0.2, -0.15) is 0 Å². The maximum Gasteiger partial charge on any atom is 0.102 e. The SMILES string of the molecule is Cn1nncc1C(NN)c1snnc1C(C)(C)C. The fourth-order valence-electron chi connectivity index (χ4n) is 1.76. The van der Waals surface area contributed by atoms with Crippen molar-refractivity contribution in [3.63, 3.8) is 0 Å². The average Bonchev–Trinajstić information content (AvgIpc) is 2.89. The first-order chi connectivity index (χ1) is 8.45. The van der Waals surface area contributed by atoms with Crippen LogP contribution < -0.4 is 11.3 Å². The highest BCUT2D eigenvalue weighted by molar-refractivity contribution is 7.05. The Bertz CT molecular complexity index is 524. The van der Waals surface area contributed by atoms with E-state index in [1.807, 2.05) is 7.05 Å². The van der Waals surface area contributed by atoms with Crippen LogP contribution in [0.4, 0.5) is 0 Å². The summed E-state index contributed by atoms with van der Waals surface area (Å²) < 4.78 is 5.73. The smallest absolute Gasteiger partial charge is 0.102 e. The van der Waals surface area contributed by atoms with E-state index < -0.39 is 0 Å². The molecule has 0 aliphatic rings. The highest BCUT2D eigenvalue weighted by Crippen LogP contribution is 2.32. The van der Waals surface area contributed by atoms with Crippen LogP contribution in [0.15, 0.2) is 6.20 Å². The minimum absolute atomic E-state index is 0.0799. The second-order valence-corrected chi connectivity index (χ2v) is 5.90. The molecule has 2 heterocycles. The number of nitrogens with two attached hydrogens (primary N) is 1. The molecule has 8 heteroatoms. The van der Waals surface area contributed by atoms with Crippen LogP contribution >= 0.6 is 11.5 Å². The summed E-state index contributed by atoms with van der Waals surface area (Å²) in [6.45, 7) is 6.30. The van der Waals surface area contributed by atoms with Crippen molar-refractivity contribution in [2.24, 2.45) is 12.9 Å². The molecule has 3 N–H and O–H groups in total. The first kappa shape index (κ1) is 13.1. The molecule has 0 radical (unpaired) electrons. The molecule has 0 bridgehead atoms. The molecule has 2 aromatic heterocycles. The Labute approximate surface area is 110 Å². The average molecular weight is 267 g/mol. The van der Waals surface area contributed by atoms with Crippen LogP contribution in [0.25, 0.3) is 0 Å². The van der Waals surface area contributed by atoms with Gasteiger partial charge in [0, 0.05) is 12.5 Å². The molecule has 18 heavy (non-hydrogen) atoms. The topological polar surface area (TPSA) is 94.5 Å². The summed E-state index contributed by atoms with van der Waals surface area (Å²) in [6.07, 6.45) is 1.69. The van der Waals surface area contributed by atoms with Gasteiger partial charge in [0.2, 0.25) is 0 Å². The number of hydrazine groups is 1. The highest BCUT2D eigenvalue weighted by atomic mass is 32.1. The Morgan fingerprint density at radius 2 is 2.17 bits per heavy atom. The van der Waals surface area contributed by atoms with E-state index in [4.69, 9.17) is 5.84 Å². The van der Waals surface area contributed by atoms with Crippen LogP contribution in [0.1, 0.15) is 43.1 Å². The third-order valence-electron chi connectivity index (χ3n) is 2.70. The molecule has 0 aliphatic heterocycles. The third-order valence-corrected chi connectivity index (χ3v) is 3.49. The normalized spacial score (nSPS) is 13.8. The Kier molecular flexibility index (Phi) is 3.42. The molecule has 1 unspecified atom stereocenters. The number of nitrogens with one attached hydrogen (secondary N) is 1. The van der Waals surface area contributed by atoms with E-state index in [-0.39, 0.29) is 11.5 Å². The van der Waals surface area contributed by atoms with Crippen molar-refractivity contribution >= 4 is 11.5 Å². The predicted octanol–water partition coefficient (Wildman–Crippen LogP) is 0.517. The fraction of sp³-hybridized carbons (Fsp3) is 0.600. The van der Waals surface area contributed by atoms with Gasteiger partial charge in [0.1, 0.15) is 6.04 Å². The Balaban J connectivity index is 2.47. The van der Waals surface area contributed by atoms with Crippen LogP contribution in [-0.2, 0) is 12.5 Å². The van der Waals surface area contributed by atoms with E-state index >= 15 is 0 Å². The van der Waals surface area contributed by atoms with Crippen LogP contribution in [0.2, 0.25) is 0 Å². The lowest BCUT2D eigenvalue weighted by Gasteiger charge is -2.21. The van der Waals surface area contributed by atoms with E-state index in [2.05, 4.69) is 46.1 Å². The number of nitrogens with zero attached hydrogens (tertiary/aromatic N) is 5. The number of hydrogen-bond acceptors (Lipinski definition) is 7. The predicted molar refractivity (Wildman–Crippen MR) is 68.8 cm³/mol. The van der Waals surface area contributed by atoms with Gasteiger partial charge in [0.25, 0.3) is 0 Å². The second-order valence-electron chi connectivity index (χ2n) is 5.12. The highest BCUT2D eigenvalue weighted by Gasteiger charge is 2.29. The van der Waals surface area contributed by atoms with Gasteiger partial charge in [-0.15, -0.1) is 10.2 Å². The van der Waals surface area contributed by atoms with Gasteiger partial charge in [-0.3, -0.25) is 10.5 Å². The van der Waals surface area contributed by atoms with Crippen molar-refractivity contribution in [3.05, 3.63) is 22.5 Å². The molecule has 0 spiro atoms. The first-order valence-electron chi connectivity index (χ1n) is 5.58. The summed E-state index contributed by atoms with van der Waals surface area (Å²) in [7, 11) is 1.83. The van der Waals surface area contributed by atoms with Crippen molar-refractivity contribution in [3.8, 4) is 0 Å². The van der Waals surface area contributed by atoms with Crippen molar-refractivity contribution < 1.29 is 0 Å². The minimum atomic E-state index is -0.195. The summed E-state index contributed by atoms with van der Waals surface area (Å²) in [6, 6.07) is -0.195. The quantitative estimate of drug-likeness (QED) is 0.622. The lowest BCUT2D eigenvalue weighted by molar-refractivity contribution is 0.529. The van der Waals surface area contributed by atoms with Gasteiger partial charge in [-0.05, 0) is 11.5 Å². The summed E-state index contributed by atoms with van der Waals surface area (Å²) in [5.41, 5.74) is 4.53. The van der Waals surface area contributed by atoms with Crippen LogP contribution in [-0.4, -0.2) is 24.6 Å². The molecule has 98 valence electrons. The summed E-state index contributed by atoms with van der Waals surface area (Å²) in [4.78, 5) is 0.996. The largest absolute Gasteiger partial charge is 0.270 e. The maximum atomic E-state index is 5.67. The maximum absolute atomic E-state index is 5.67. The fourth-order valence-corrected chi connectivity index (χ4v) is 2.70. The van der Waals surface area contributed by atoms with E-state index in [1.54, 1.807) is 10.9 Å². The van der Waals surface area contributed by atoms with E-state index in [0.29, 0.717) is 0 Å².